The monoisotopic (exact) mass is 530 g/mol. The number of benzene rings is 3. The van der Waals surface area contributed by atoms with Crippen LogP contribution in [-0.2, 0) is 20.7 Å². The number of H-pyrrole nitrogens is 1. The van der Waals surface area contributed by atoms with E-state index in [1.807, 2.05) is 24.3 Å². The maximum Gasteiger partial charge on any atom is 0.305 e. The lowest BCUT2D eigenvalue weighted by molar-refractivity contribution is -0.140. The highest BCUT2D eigenvalue weighted by molar-refractivity contribution is 6.21. The molecule has 39 heavy (non-hydrogen) atoms. The molecule has 0 fully saturated rings. The second-order valence-corrected chi connectivity index (χ2v) is 9.87. The van der Waals surface area contributed by atoms with Gasteiger partial charge in [-0.05, 0) is 68.3 Å². The predicted molar refractivity (Wildman–Crippen MR) is 150 cm³/mol. The number of rotatable bonds is 8. The van der Waals surface area contributed by atoms with Crippen LogP contribution in [-0.4, -0.2) is 47.4 Å². The molecule has 1 aromatic heterocycles. The number of aromatic nitrogens is 1. The first-order valence-electron chi connectivity index (χ1n) is 12.4. The number of aromatic hydroxyl groups is 1. The molecule has 0 radical (unpaired) electrons. The lowest BCUT2D eigenvalue weighted by atomic mass is 9.98. The highest BCUT2D eigenvalue weighted by atomic mass is 19.1. The first-order valence-corrected chi connectivity index (χ1v) is 12.4. The second-order valence-electron chi connectivity index (χ2n) is 9.87. The highest BCUT2D eigenvalue weighted by Crippen LogP contribution is 2.32. The van der Waals surface area contributed by atoms with E-state index >= 15 is 0 Å². The van der Waals surface area contributed by atoms with Crippen LogP contribution in [0, 0.1) is 5.82 Å². The minimum absolute atomic E-state index is 0.142. The number of hydrogen-bond donors (Lipinski definition) is 3. The fraction of sp³-hybridized carbons (Fsp3) is 0.233. The minimum Gasteiger partial charge on any atom is -0.494 e. The number of aryl methyl sites for hydroxylation is 1. The van der Waals surface area contributed by atoms with Gasteiger partial charge in [0.25, 0.3) is 0 Å². The van der Waals surface area contributed by atoms with Gasteiger partial charge >= 0.3 is 5.97 Å². The van der Waals surface area contributed by atoms with Crippen molar-refractivity contribution in [3.8, 4) is 5.88 Å². The third kappa shape index (κ3) is 6.15. The quantitative estimate of drug-likeness (QED) is 0.219. The van der Waals surface area contributed by atoms with Crippen molar-refractivity contribution in [1.82, 2.24) is 4.98 Å². The lowest BCUT2D eigenvalue weighted by Gasteiger charge is -2.25. The molecule has 1 amide bonds. The fourth-order valence-corrected chi connectivity index (χ4v) is 4.27. The summed E-state index contributed by atoms with van der Waals surface area (Å²) in [6.07, 6.45) is 0.778. The van der Waals surface area contributed by atoms with E-state index in [1.165, 1.54) is 24.1 Å². The van der Waals surface area contributed by atoms with E-state index in [1.54, 1.807) is 51.2 Å². The molecule has 0 aliphatic heterocycles. The van der Waals surface area contributed by atoms with Gasteiger partial charge < -0.3 is 25.5 Å². The van der Waals surface area contributed by atoms with Crippen molar-refractivity contribution in [3.05, 3.63) is 89.2 Å². The molecule has 0 saturated carbocycles. The number of amides is 1. The number of nitrogens with two attached hydrogens (primary N) is 1. The molecule has 4 N–H and O–H groups in total. The van der Waals surface area contributed by atoms with E-state index in [4.69, 9.17) is 15.5 Å². The summed E-state index contributed by atoms with van der Waals surface area (Å²) < 4.78 is 18.6. The third-order valence-corrected chi connectivity index (χ3v) is 6.38. The summed E-state index contributed by atoms with van der Waals surface area (Å²) in [5.41, 5.74) is 9.14. The minimum atomic E-state index is -1.02. The smallest absolute Gasteiger partial charge is 0.305 e. The van der Waals surface area contributed by atoms with Crippen molar-refractivity contribution < 1.29 is 23.8 Å². The van der Waals surface area contributed by atoms with E-state index in [-0.39, 0.29) is 24.2 Å². The largest absolute Gasteiger partial charge is 0.494 e. The number of halogens is 1. The van der Waals surface area contributed by atoms with Crippen molar-refractivity contribution in [2.75, 3.05) is 19.1 Å². The number of hydrogen-bond acceptors (Lipinski definition) is 6. The normalized spacial score (nSPS) is 12.0. The first kappa shape index (κ1) is 27.5. The number of aliphatic imine (C=N–C) groups is 1. The Labute approximate surface area is 225 Å². The summed E-state index contributed by atoms with van der Waals surface area (Å²) in [5, 5.41) is 11.5. The van der Waals surface area contributed by atoms with Crippen molar-refractivity contribution >= 4 is 39.9 Å². The van der Waals surface area contributed by atoms with Crippen LogP contribution >= 0.6 is 0 Å². The summed E-state index contributed by atoms with van der Waals surface area (Å²) >= 11 is 0. The molecule has 4 aromatic rings. The molecule has 1 heterocycles. The molecule has 0 spiro atoms. The Hall–Kier alpha value is -4.50. The van der Waals surface area contributed by atoms with Crippen LogP contribution in [0.2, 0.25) is 0 Å². The first-order chi connectivity index (χ1) is 18.5. The zero-order valence-electron chi connectivity index (χ0n) is 22.3. The molecule has 202 valence electrons. The highest BCUT2D eigenvalue weighted by Gasteiger charge is 2.26. The predicted octanol–water partition coefficient (Wildman–Crippen LogP) is 4.99. The van der Waals surface area contributed by atoms with Crippen molar-refractivity contribution in [2.24, 2.45) is 10.7 Å². The van der Waals surface area contributed by atoms with Gasteiger partial charge in [0.1, 0.15) is 5.82 Å². The van der Waals surface area contributed by atoms with Crippen LogP contribution in [0.5, 0.6) is 5.88 Å². The SMILES string of the molecule is COC(=O)CCc1ccc(C(=Nc2ccc(N(C)C(=O)C(C)(C)N)cc2)c2c(O)[nH]c3cc(F)ccc23)cc1. The molecule has 0 aliphatic carbocycles. The average molecular weight is 531 g/mol. The summed E-state index contributed by atoms with van der Waals surface area (Å²) in [7, 11) is 3.01. The van der Waals surface area contributed by atoms with Gasteiger partial charge in [0.05, 0.1) is 35.1 Å². The van der Waals surface area contributed by atoms with Gasteiger partial charge in [-0.3, -0.25) is 9.59 Å². The number of likely N-dealkylation sites (N-methyl/N-ethyl adjacent to an activating group) is 1. The number of esters is 1. The van der Waals surface area contributed by atoms with Crippen LogP contribution in [0.15, 0.2) is 71.7 Å². The summed E-state index contributed by atoms with van der Waals surface area (Å²) in [6, 6.07) is 18.8. The van der Waals surface area contributed by atoms with E-state index < -0.39 is 11.4 Å². The van der Waals surface area contributed by atoms with Gasteiger partial charge in [-0.1, -0.05) is 24.3 Å². The molecule has 0 bridgehead atoms. The van der Waals surface area contributed by atoms with E-state index in [9.17, 15) is 19.1 Å². The molecule has 4 rings (SSSR count). The Bertz CT molecular complexity index is 1530. The van der Waals surface area contributed by atoms with E-state index in [2.05, 4.69) is 4.98 Å². The zero-order valence-corrected chi connectivity index (χ0v) is 22.3. The summed E-state index contributed by atoms with van der Waals surface area (Å²) in [4.78, 5) is 33.3. The number of methoxy groups -OCH3 is 1. The molecule has 0 aliphatic rings. The van der Waals surface area contributed by atoms with E-state index in [0.29, 0.717) is 45.5 Å². The second kappa shape index (κ2) is 11.1. The van der Waals surface area contributed by atoms with Gasteiger partial charge in [0.2, 0.25) is 5.91 Å². The van der Waals surface area contributed by atoms with Gasteiger partial charge in [0.15, 0.2) is 5.88 Å². The van der Waals surface area contributed by atoms with E-state index in [0.717, 1.165) is 5.56 Å². The van der Waals surface area contributed by atoms with Crippen molar-refractivity contribution in [1.29, 1.82) is 0 Å². The van der Waals surface area contributed by atoms with Crippen molar-refractivity contribution in [2.45, 2.75) is 32.2 Å². The van der Waals surface area contributed by atoms with Crippen molar-refractivity contribution in [3.63, 3.8) is 0 Å². The average Bonchev–Trinajstić information content (AvgIpc) is 3.24. The number of aromatic amines is 1. The number of carbonyl (C=O) groups is 2. The lowest BCUT2D eigenvalue weighted by Crippen LogP contribution is -2.49. The van der Waals surface area contributed by atoms with Crippen LogP contribution < -0.4 is 10.6 Å². The van der Waals surface area contributed by atoms with Crippen LogP contribution in [0.3, 0.4) is 0 Å². The van der Waals surface area contributed by atoms with Gasteiger partial charge in [-0.25, -0.2) is 9.38 Å². The van der Waals surface area contributed by atoms with Gasteiger partial charge in [-0.15, -0.1) is 0 Å². The molecule has 0 atom stereocenters. The topological polar surface area (TPSA) is 121 Å². The summed E-state index contributed by atoms with van der Waals surface area (Å²) in [6.45, 7) is 3.30. The molecular formula is C30H31FN4O4. The molecular weight excluding hydrogens is 499 g/mol. The molecule has 3 aromatic carbocycles. The molecule has 9 heteroatoms. The van der Waals surface area contributed by atoms with Gasteiger partial charge in [0, 0.05) is 30.1 Å². The number of nitrogens with one attached hydrogen (secondary N) is 1. The Morgan fingerprint density at radius 2 is 1.74 bits per heavy atom. The molecule has 0 saturated heterocycles. The van der Waals surface area contributed by atoms with Crippen LogP contribution in [0.4, 0.5) is 15.8 Å². The zero-order chi connectivity index (χ0) is 28.3. The Balaban J connectivity index is 1.76. The standard InChI is InChI=1S/C30H31FN4O4/c1-30(2,32)29(38)35(3)22-13-11-21(12-14-22)33-27(19-8-5-18(6-9-19)7-16-25(36)39-4)26-23-15-10-20(31)17-24(23)34-28(26)37/h5-6,8-15,17,34,37H,7,16,32H2,1-4H3. The van der Waals surface area contributed by atoms with Crippen LogP contribution in [0.1, 0.15) is 37.0 Å². The Morgan fingerprint density at radius 1 is 1.08 bits per heavy atom. The molecule has 8 nitrogen and oxygen atoms in total. The maximum absolute atomic E-state index is 13.9. The Kier molecular flexibility index (Phi) is 7.83. The van der Waals surface area contributed by atoms with Gasteiger partial charge in [-0.2, -0.15) is 0 Å². The number of ether oxygens (including phenoxy) is 1. The maximum atomic E-state index is 13.9. The number of fused-ring (bicyclic) bond motifs is 1. The van der Waals surface area contributed by atoms with Crippen LogP contribution in [0.25, 0.3) is 10.9 Å². The fourth-order valence-electron chi connectivity index (χ4n) is 4.27. The number of nitrogens with zero attached hydrogens (tertiary/aromatic N) is 2. The Morgan fingerprint density at radius 3 is 2.36 bits per heavy atom. The number of anilines is 1. The third-order valence-electron chi connectivity index (χ3n) is 6.38. The molecule has 0 unspecified atom stereocenters. The summed E-state index contributed by atoms with van der Waals surface area (Å²) in [5.74, 6) is -1.10. The number of carbonyl (C=O) groups excluding carboxylic acids is 2.